The highest BCUT2D eigenvalue weighted by atomic mass is 32.2. The Bertz CT molecular complexity index is 455. The van der Waals surface area contributed by atoms with Gasteiger partial charge in [0.1, 0.15) is 25.8 Å². The number of ether oxygens (including phenoxy) is 1. The second-order valence-corrected chi connectivity index (χ2v) is 6.62. The first kappa shape index (κ1) is 20.0. The van der Waals surface area contributed by atoms with Gasteiger partial charge in [0.2, 0.25) is 0 Å². The molecule has 0 aliphatic carbocycles. The first-order valence-electron chi connectivity index (χ1n) is 6.84. The molecule has 0 fully saturated rings. The molecule has 0 saturated heterocycles. The predicted molar refractivity (Wildman–Crippen MR) is 77.4 cm³/mol. The molecule has 0 saturated carbocycles. The number of esters is 1. The third-order valence-electron chi connectivity index (χ3n) is 3.48. The van der Waals surface area contributed by atoms with Crippen LogP contribution in [0.2, 0.25) is 0 Å². The average Bonchev–Trinajstić information content (AvgIpc) is 2.34. The molecule has 0 aliphatic rings. The quantitative estimate of drug-likeness (QED) is 0.260. The van der Waals surface area contributed by atoms with Crippen molar-refractivity contribution in [2.45, 2.75) is 26.9 Å². The number of hydrogen-bond donors (Lipinski definition) is 1. The monoisotopic (exact) mass is 323 g/mol. The maximum atomic E-state index is 11.3. The summed E-state index contributed by atoms with van der Waals surface area (Å²) < 4.78 is 37.4. The molecular weight excluding hydrogens is 298 g/mol. The van der Waals surface area contributed by atoms with Gasteiger partial charge in [0.15, 0.2) is 0 Å². The summed E-state index contributed by atoms with van der Waals surface area (Å²) in [5.74, 6) is -1.29. The topological polar surface area (TPSA) is 104 Å². The van der Waals surface area contributed by atoms with Crippen molar-refractivity contribution in [3.05, 3.63) is 12.2 Å². The van der Waals surface area contributed by atoms with Gasteiger partial charge >= 0.3 is 5.97 Å². The Balaban J connectivity index is 4.62. The number of nitrogens with zero attached hydrogens (tertiary/aromatic N) is 1. The van der Waals surface area contributed by atoms with Crippen molar-refractivity contribution in [1.29, 1.82) is 0 Å². The molecule has 7 nitrogen and oxygen atoms in total. The summed E-state index contributed by atoms with van der Waals surface area (Å²) in [6.45, 7) is 10.8. The highest BCUT2D eigenvalue weighted by molar-refractivity contribution is 7.85. The van der Waals surface area contributed by atoms with Crippen LogP contribution in [-0.2, 0) is 19.6 Å². The lowest BCUT2D eigenvalue weighted by atomic mass is 10.2. The highest BCUT2D eigenvalue weighted by Crippen LogP contribution is 2.10. The fourth-order valence-corrected chi connectivity index (χ4v) is 2.66. The molecule has 0 spiro atoms. The SMILES string of the molecule is C=C(C)C(=O)OCC[N+](CC)(CC)CC(O)CS(=O)(=O)[O-]. The van der Waals surface area contributed by atoms with E-state index in [2.05, 4.69) is 6.58 Å². The van der Waals surface area contributed by atoms with Gasteiger partial charge in [0.25, 0.3) is 0 Å². The summed E-state index contributed by atoms with van der Waals surface area (Å²) in [7, 11) is -4.46. The first-order valence-corrected chi connectivity index (χ1v) is 8.42. The van der Waals surface area contributed by atoms with Gasteiger partial charge in [0, 0.05) is 5.57 Å². The van der Waals surface area contributed by atoms with E-state index < -0.39 is 27.9 Å². The molecule has 0 aromatic rings. The minimum absolute atomic E-state index is 0.124. The Morgan fingerprint density at radius 1 is 1.38 bits per heavy atom. The number of likely N-dealkylation sites (N-methyl/N-ethyl adjacent to an activating group) is 1. The Hall–Kier alpha value is -0.960. The van der Waals surface area contributed by atoms with E-state index in [1.165, 1.54) is 0 Å². The number of quaternary nitrogens is 1. The molecule has 21 heavy (non-hydrogen) atoms. The molecule has 1 unspecified atom stereocenters. The second kappa shape index (κ2) is 8.47. The van der Waals surface area contributed by atoms with Gasteiger partial charge < -0.3 is 18.9 Å². The van der Waals surface area contributed by atoms with Crippen LogP contribution in [0.3, 0.4) is 0 Å². The van der Waals surface area contributed by atoms with Crippen LogP contribution in [0.25, 0.3) is 0 Å². The van der Waals surface area contributed by atoms with Crippen molar-refractivity contribution in [2.24, 2.45) is 0 Å². The van der Waals surface area contributed by atoms with Crippen molar-refractivity contribution < 1.29 is 32.1 Å². The zero-order valence-corrected chi connectivity index (χ0v) is 13.7. The van der Waals surface area contributed by atoms with Gasteiger partial charge in [-0.2, -0.15) is 0 Å². The van der Waals surface area contributed by atoms with Crippen LogP contribution in [0, 0.1) is 0 Å². The van der Waals surface area contributed by atoms with E-state index in [1.54, 1.807) is 6.92 Å². The molecule has 0 rings (SSSR count). The lowest BCUT2D eigenvalue weighted by Gasteiger charge is -2.38. The van der Waals surface area contributed by atoms with Gasteiger partial charge in [-0.1, -0.05) is 6.58 Å². The summed E-state index contributed by atoms with van der Waals surface area (Å²) in [6.07, 6.45) is -1.23. The van der Waals surface area contributed by atoms with Gasteiger partial charge in [-0.25, -0.2) is 13.2 Å². The van der Waals surface area contributed by atoms with Gasteiger partial charge in [-0.15, -0.1) is 0 Å². The van der Waals surface area contributed by atoms with Crippen LogP contribution >= 0.6 is 0 Å². The number of hydrogen-bond acceptors (Lipinski definition) is 6. The van der Waals surface area contributed by atoms with Crippen molar-refractivity contribution in [3.8, 4) is 0 Å². The number of aliphatic hydroxyl groups is 1. The molecule has 1 atom stereocenters. The van der Waals surface area contributed by atoms with E-state index in [0.29, 0.717) is 29.7 Å². The molecule has 124 valence electrons. The van der Waals surface area contributed by atoms with Gasteiger partial charge in [-0.3, -0.25) is 0 Å². The number of carbonyl (C=O) groups excluding carboxylic acids is 1. The van der Waals surface area contributed by atoms with Gasteiger partial charge in [-0.05, 0) is 20.8 Å². The molecule has 1 N–H and O–H groups in total. The van der Waals surface area contributed by atoms with Crippen LogP contribution in [0.5, 0.6) is 0 Å². The lowest BCUT2D eigenvalue weighted by Crippen LogP contribution is -2.54. The molecule has 0 aliphatic heterocycles. The Labute approximate surface area is 126 Å². The number of aliphatic hydroxyl groups excluding tert-OH is 1. The normalized spacial score (nSPS) is 13.8. The summed E-state index contributed by atoms with van der Waals surface area (Å²) in [6, 6.07) is 0. The number of carbonyl (C=O) groups is 1. The van der Waals surface area contributed by atoms with Crippen LogP contribution < -0.4 is 0 Å². The first-order chi connectivity index (χ1) is 9.55. The van der Waals surface area contributed by atoms with E-state index in [-0.39, 0.29) is 13.2 Å². The fraction of sp³-hybridized carbons (Fsp3) is 0.769. The van der Waals surface area contributed by atoms with Crippen LogP contribution in [0.15, 0.2) is 12.2 Å². The summed E-state index contributed by atoms with van der Waals surface area (Å²) >= 11 is 0. The zero-order valence-electron chi connectivity index (χ0n) is 12.9. The maximum Gasteiger partial charge on any atom is 0.333 e. The molecule has 0 amide bonds. The second-order valence-electron chi connectivity index (χ2n) is 5.17. The third-order valence-corrected chi connectivity index (χ3v) is 4.28. The predicted octanol–water partition coefficient (Wildman–Crippen LogP) is -0.132. The Morgan fingerprint density at radius 2 is 1.90 bits per heavy atom. The average molecular weight is 323 g/mol. The smallest absolute Gasteiger partial charge is 0.333 e. The zero-order chi connectivity index (χ0) is 16.7. The Kier molecular flexibility index (Phi) is 8.09. The van der Waals surface area contributed by atoms with Crippen molar-refractivity contribution in [2.75, 3.05) is 38.5 Å². The van der Waals surface area contributed by atoms with E-state index in [0.717, 1.165) is 0 Å². The van der Waals surface area contributed by atoms with Gasteiger partial charge in [0.05, 0.1) is 29.0 Å². The van der Waals surface area contributed by atoms with E-state index in [9.17, 15) is 22.9 Å². The van der Waals surface area contributed by atoms with Crippen molar-refractivity contribution >= 4 is 16.1 Å². The molecule has 8 heteroatoms. The summed E-state index contributed by atoms with van der Waals surface area (Å²) in [5, 5.41) is 9.76. The van der Waals surface area contributed by atoms with Crippen LogP contribution in [-0.4, -0.2) is 73.2 Å². The molecule has 0 radical (unpaired) electrons. The largest absolute Gasteiger partial charge is 0.748 e. The summed E-state index contributed by atoms with van der Waals surface area (Å²) in [4.78, 5) is 11.3. The van der Waals surface area contributed by atoms with Crippen LogP contribution in [0.4, 0.5) is 0 Å². The highest BCUT2D eigenvalue weighted by Gasteiger charge is 2.28. The standard InChI is InChI=1S/C13H25NO6S/c1-5-14(6-2,7-8-20-13(16)11(3)4)9-12(15)10-21(17,18)19/h12,15H,3,5-10H2,1-2,4H3. The summed E-state index contributed by atoms with van der Waals surface area (Å²) in [5.41, 5.74) is 0.304. The van der Waals surface area contributed by atoms with E-state index >= 15 is 0 Å². The van der Waals surface area contributed by atoms with Crippen molar-refractivity contribution in [1.82, 2.24) is 0 Å². The molecule has 0 aromatic heterocycles. The lowest BCUT2D eigenvalue weighted by molar-refractivity contribution is -0.927. The molecule has 0 bridgehead atoms. The molecule has 0 heterocycles. The van der Waals surface area contributed by atoms with E-state index in [1.807, 2.05) is 13.8 Å². The minimum atomic E-state index is -4.46. The third kappa shape index (κ3) is 8.15. The molecule has 0 aromatic carbocycles. The minimum Gasteiger partial charge on any atom is -0.748 e. The van der Waals surface area contributed by atoms with E-state index in [4.69, 9.17) is 4.74 Å². The fourth-order valence-electron chi connectivity index (χ4n) is 2.08. The Morgan fingerprint density at radius 3 is 2.29 bits per heavy atom. The number of rotatable bonds is 10. The maximum absolute atomic E-state index is 11.3. The van der Waals surface area contributed by atoms with Crippen LogP contribution in [0.1, 0.15) is 20.8 Å². The van der Waals surface area contributed by atoms with Crippen molar-refractivity contribution in [3.63, 3.8) is 0 Å². The molecular formula is C13H25NO6S.